The summed E-state index contributed by atoms with van der Waals surface area (Å²) >= 11 is 5.75. The van der Waals surface area contributed by atoms with Crippen LogP contribution in [0.4, 0.5) is 10.1 Å². The molecule has 0 aromatic heterocycles. The van der Waals surface area contributed by atoms with Crippen LogP contribution in [0, 0.1) is 5.82 Å². The molecule has 1 aromatic rings. The number of benzene rings is 1. The Kier molecular flexibility index (Phi) is 3.97. The largest absolute Gasteiger partial charge is 0.322 e. The smallest absolute Gasteiger partial charge is 0.241 e. The second-order valence-corrected chi connectivity index (χ2v) is 4.55. The monoisotopic (exact) mass is 256 g/mol. The van der Waals surface area contributed by atoms with Gasteiger partial charge in [-0.2, -0.15) is 0 Å². The van der Waals surface area contributed by atoms with Gasteiger partial charge in [0, 0.05) is 5.02 Å². The van der Waals surface area contributed by atoms with E-state index >= 15 is 0 Å². The van der Waals surface area contributed by atoms with Crippen LogP contribution in [0.1, 0.15) is 19.3 Å². The van der Waals surface area contributed by atoms with Crippen molar-refractivity contribution in [2.75, 3.05) is 11.9 Å². The number of nitrogens with one attached hydrogen (secondary N) is 2. The van der Waals surface area contributed by atoms with Gasteiger partial charge in [-0.05, 0) is 37.6 Å². The molecule has 1 heterocycles. The van der Waals surface area contributed by atoms with Crippen LogP contribution < -0.4 is 10.6 Å². The Labute approximate surface area is 104 Å². The quantitative estimate of drug-likeness (QED) is 0.854. The van der Waals surface area contributed by atoms with Gasteiger partial charge >= 0.3 is 0 Å². The average molecular weight is 257 g/mol. The minimum Gasteiger partial charge on any atom is -0.322 e. The SMILES string of the molecule is O=C(Nc1cc(Cl)ccc1F)C1CCCCN1. The summed E-state index contributed by atoms with van der Waals surface area (Å²) < 4.78 is 13.4. The number of amides is 1. The molecule has 5 heteroatoms. The minimum atomic E-state index is -0.474. The number of rotatable bonds is 2. The van der Waals surface area contributed by atoms with Crippen LogP contribution in [-0.2, 0) is 4.79 Å². The van der Waals surface area contributed by atoms with E-state index in [4.69, 9.17) is 11.6 Å². The molecule has 1 unspecified atom stereocenters. The number of piperidine rings is 1. The highest BCUT2D eigenvalue weighted by Gasteiger charge is 2.21. The molecule has 1 amide bonds. The Morgan fingerprint density at radius 1 is 1.47 bits per heavy atom. The Morgan fingerprint density at radius 3 is 3.00 bits per heavy atom. The van der Waals surface area contributed by atoms with Crippen LogP contribution in [0.15, 0.2) is 18.2 Å². The highest BCUT2D eigenvalue weighted by Crippen LogP contribution is 2.20. The lowest BCUT2D eigenvalue weighted by Gasteiger charge is -2.22. The molecule has 0 bridgehead atoms. The van der Waals surface area contributed by atoms with Crippen molar-refractivity contribution in [2.24, 2.45) is 0 Å². The second-order valence-electron chi connectivity index (χ2n) is 4.12. The van der Waals surface area contributed by atoms with Gasteiger partial charge in [-0.1, -0.05) is 18.0 Å². The van der Waals surface area contributed by atoms with Crippen molar-refractivity contribution in [2.45, 2.75) is 25.3 Å². The molecule has 92 valence electrons. The summed E-state index contributed by atoms with van der Waals surface area (Å²) in [6.45, 7) is 0.829. The molecule has 2 rings (SSSR count). The fraction of sp³-hybridized carbons (Fsp3) is 0.417. The van der Waals surface area contributed by atoms with Gasteiger partial charge in [0.2, 0.25) is 5.91 Å². The summed E-state index contributed by atoms with van der Waals surface area (Å²) in [6.07, 6.45) is 2.88. The molecule has 0 radical (unpaired) electrons. The lowest BCUT2D eigenvalue weighted by Crippen LogP contribution is -2.43. The molecule has 3 nitrogen and oxygen atoms in total. The number of anilines is 1. The molecule has 1 saturated heterocycles. The molecule has 2 N–H and O–H groups in total. The predicted octanol–water partition coefficient (Wildman–Crippen LogP) is 2.56. The topological polar surface area (TPSA) is 41.1 Å². The van der Waals surface area contributed by atoms with Gasteiger partial charge in [-0.25, -0.2) is 4.39 Å². The molecule has 0 spiro atoms. The maximum Gasteiger partial charge on any atom is 0.241 e. The number of carbonyl (C=O) groups is 1. The maximum atomic E-state index is 13.4. The number of hydrogen-bond acceptors (Lipinski definition) is 2. The van der Waals surface area contributed by atoms with Gasteiger partial charge < -0.3 is 10.6 Å². The van der Waals surface area contributed by atoms with E-state index in [1.165, 1.54) is 18.2 Å². The molecule has 17 heavy (non-hydrogen) atoms. The third kappa shape index (κ3) is 3.17. The first-order valence-corrected chi connectivity index (χ1v) is 6.04. The molecular formula is C12H14ClFN2O. The van der Waals surface area contributed by atoms with Crippen LogP contribution in [0.2, 0.25) is 5.02 Å². The van der Waals surface area contributed by atoms with Gasteiger partial charge in [0.15, 0.2) is 0 Å². The van der Waals surface area contributed by atoms with Gasteiger partial charge in [0.1, 0.15) is 5.82 Å². The van der Waals surface area contributed by atoms with E-state index in [2.05, 4.69) is 10.6 Å². The lowest BCUT2D eigenvalue weighted by molar-refractivity contribution is -0.118. The Hall–Kier alpha value is -1.13. The van der Waals surface area contributed by atoms with Crippen molar-refractivity contribution in [3.8, 4) is 0 Å². The predicted molar refractivity (Wildman–Crippen MR) is 65.7 cm³/mol. The van der Waals surface area contributed by atoms with Crippen LogP contribution >= 0.6 is 11.6 Å². The van der Waals surface area contributed by atoms with E-state index in [1.54, 1.807) is 0 Å². The normalized spacial score (nSPS) is 20.0. The molecule has 1 fully saturated rings. The van der Waals surface area contributed by atoms with Crippen molar-refractivity contribution in [1.29, 1.82) is 0 Å². The first kappa shape index (κ1) is 12.3. The van der Waals surface area contributed by atoms with Crippen LogP contribution in [0.5, 0.6) is 0 Å². The molecule has 0 saturated carbocycles. The maximum absolute atomic E-state index is 13.4. The Balaban J connectivity index is 2.04. The van der Waals surface area contributed by atoms with Gasteiger partial charge in [0.25, 0.3) is 0 Å². The third-order valence-electron chi connectivity index (χ3n) is 2.81. The third-order valence-corrected chi connectivity index (χ3v) is 3.05. The highest BCUT2D eigenvalue weighted by atomic mass is 35.5. The number of hydrogen-bond donors (Lipinski definition) is 2. The zero-order valence-electron chi connectivity index (χ0n) is 9.30. The van der Waals surface area contributed by atoms with Gasteiger partial charge in [-0.3, -0.25) is 4.79 Å². The summed E-state index contributed by atoms with van der Waals surface area (Å²) in [7, 11) is 0. The van der Waals surface area contributed by atoms with Crippen molar-refractivity contribution >= 4 is 23.2 Å². The number of halogens is 2. The van der Waals surface area contributed by atoms with Crippen molar-refractivity contribution < 1.29 is 9.18 Å². The zero-order valence-corrected chi connectivity index (χ0v) is 10.1. The summed E-state index contributed by atoms with van der Waals surface area (Å²) in [5, 5.41) is 6.07. The first-order valence-electron chi connectivity index (χ1n) is 5.66. The number of carbonyl (C=O) groups excluding carboxylic acids is 1. The van der Waals surface area contributed by atoms with Crippen molar-refractivity contribution in [1.82, 2.24) is 5.32 Å². The standard InChI is InChI=1S/C12H14ClFN2O/c13-8-4-5-9(14)11(7-8)16-12(17)10-3-1-2-6-15-10/h4-5,7,10,15H,1-3,6H2,(H,16,17). The summed E-state index contributed by atoms with van der Waals surface area (Å²) in [5.41, 5.74) is 0.134. The second kappa shape index (κ2) is 5.47. The zero-order chi connectivity index (χ0) is 12.3. The molecule has 1 aromatic carbocycles. The lowest BCUT2D eigenvalue weighted by atomic mass is 10.0. The van der Waals surface area contributed by atoms with E-state index in [9.17, 15) is 9.18 Å². The van der Waals surface area contributed by atoms with Crippen LogP contribution in [-0.4, -0.2) is 18.5 Å². The molecular weight excluding hydrogens is 243 g/mol. The van der Waals surface area contributed by atoms with Crippen LogP contribution in [0.25, 0.3) is 0 Å². The highest BCUT2D eigenvalue weighted by molar-refractivity contribution is 6.30. The first-order chi connectivity index (χ1) is 8.16. The van der Waals surface area contributed by atoms with E-state index in [0.717, 1.165) is 25.8 Å². The van der Waals surface area contributed by atoms with E-state index in [0.29, 0.717) is 5.02 Å². The summed E-state index contributed by atoms with van der Waals surface area (Å²) in [6, 6.07) is 3.87. The summed E-state index contributed by atoms with van der Waals surface area (Å²) in [5.74, 6) is -0.676. The van der Waals surface area contributed by atoms with E-state index in [1.807, 2.05) is 0 Å². The summed E-state index contributed by atoms with van der Waals surface area (Å²) in [4.78, 5) is 11.8. The minimum absolute atomic E-state index is 0.134. The van der Waals surface area contributed by atoms with Crippen LogP contribution in [0.3, 0.4) is 0 Å². The van der Waals surface area contributed by atoms with E-state index < -0.39 is 5.82 Å². The van der Waals surface area contributed by atoms with Gasteiger partial charge in [-0.15, -0.1) is 0 Å². The van der Waals surface area contributed by atoms with E-state index in [-0.39, 0.29) is 17.6 Å². The Bertz CT molecular complexity index is 419. The van der Waals surface area contributed by atoms with Crippen molar-refractivity contribution in [3.05, 3.63) is 29.0 Å². The Morgan fingerprint density at radius 2 is 2.29 bits per heavy atom. The fourth-order valence-corrected chi connectivity index (χ4v) is 2.06. The van der Waals surface area contributed by atoms with Crippen molar-refractivity contribution in [3.63, 3.8) is 0 Å². The molecule has 1 aliphatic heterocycles. The molecule has 0 aliphatic carbocycles. The van der Waals surface area contributed by atoms with Gasteiger partial charge in [0.05, 0.1) is 11.7 Å². The molecule has 1 aliphatic rings. The average Bonchev–Trinajstić information content (AvgIpc) is 2.35. The fourth-order valence-electron chi connectivity index (χ4n) is 1.89. The molecule has 1 atom stereocenters.